The molecule has 0 aromatic heterocycles. The minimum absolute atomic E-state index is 0. The van der Waals surface area contributed by atoms with Crippen LogP contribution in [0.1, 0.15) is 6.42 Å². The van der Waals surface area contributed by atoms with Crippen molar-refractivity contribution in [3.05, 3.63) is 0 Å². The van der Waals surface area contributed by atoms with E-state index in [0.717, 1.165) is 10.2 Å². The maximum Gasteiger partial charge on any atom is 0.0788 e. The fraction of sp³-hybridized carbons (Fsp3) is 1.00. The summed E-state index contributed by atoms with van der Waals surface area (Å²) in [5, 5.41) is 0. The van der Waals surface area contributed by atoms with Gasteiger partial charge in [-0.2, -0.15) is 12.6 Å². The Hall–Kier alpha value is 0.600. The predicted molar refractivity (Wildman–Crippen MR) is 41.4 cm³/mol. The van der Waals surface area contributed by atoms with Crippen molar-refractivity contribution in [2.24, 2.45) is 0 Å². The summed E-state index contributed by atoms with van der Waals surface area (Å²) in [6, 6.07) is 0. The van der Waals surface area contributed by atoms with E-state index in [9.17, 15) is 0 Å². The molecule has 0 spiro atoms. The van der Waals surface area contributed by atoms with Crippen molar-refractivity contribution in [1.82, 2.24) is 0 Å². The normalized spacial score (nSPS) is 10.7. The second kappa shape index (κ2) is 5.39. The van der Waals surface area contributed by atoms with Crippen molar-refractivity contribution in [3.8, 4) is 0 Å². The molecule has 0 rings (SSSR count). The average Bonchev–Trinajstić information content (AvgIpc) is 1.59. The van der Waals surface area contributed by atoms with Gasteiger partial charge in [-0.25, -0.2) is 0 Å². The fourth-order valence-electron chi connectivity index (χ4n) is 0.545. The molecule has 0 aromatic rings. The van der Waals surface area contributed by atoms with Crippen LogP contribution >= 0.6 is 12.6 Å². The van der Waals surface area contributed by atoms with Gasteiger partial charge < -0.3 is 16.9 Å². The molecule has 0 aliphatic carbocycles. The average molecular weight is 170 g/mol. The fourth-order valence-corrected chi connectivity index (χ4v) is 0.686. The van der Waals surface area contributed by atoms with Crippen molar-refractivity contribution < 1.29 is 16.9 Å². The number of quaternary nitrogens is 1. The summed E-state index contributed by atoms with van der Waals surface area (Å²) in [6.45, 7) is 1.23. The van der Waals surface area contributed by atoms with Crippen molar-refractivity contribution in [2.45, 2.75) is 6.42 Å². The SMILES string of the molecule is C[N+](C)(C)CCCS.[Cl-]. The lowest BCUT2D eigenvalue weighted by Gasteiger charge is -2.23. The number of halogens is 1. The zero-order valence-electron chi connectivity index (χ0n) is 6.39. The highest BCUT2D eigenvalue weighted by molar-refractivity contribution is 7.80. The Balaban J connectivity index is 0. The van der Waals surface area contributed by atoms with E-state index in [1.165, 1.54) is 13.0 Å². The van der Waals surface area contributed by atoms with Crippen molar-refractivity contribution in [1.29, 1.82) is 0 Å². The van der Waals surface area contributed by atoms with E-state index in [4.69, 9.17) is 0 Å². The van der Waals surface area contributed by atoms with Crippen LogP contribution in [-0.4, -0.2) is 37.9 Å². The first-order chi connectivity index (χ1) is 3.56. The van der Waals surface area contributed by atoms with Gasteiger partial charge in [-0.3, -0.25) is 0 Å². The van der Waals surface area contributed by atoms with E-state index >= 15 is 0 Å². The smallest absolute Gasteiger partial charge is 0.0788 e. The molecule has 0 fully saturated rings. The van der Waals surface area contributed by atoms with Crippen LogP contribution < -0.4 is 12.4 Å². The zero-order chi connectivity index (χ0) is 6.62. The summed E-state index contributed by atoms with van der Waals surface area (Å²) in [7, 11) is 6.59. The Bertz CT molecular complexity index is 60.6. The highest BCUT2D eigenvalue weighted by Gasteiger charge is 2.03. The Kier molecular flexibility index (Phi) is 7.36. The third-order valence-corrected chi connectivity index (χ3v) is 1.30. The first-order valence-corrected chi connectivity index (χ1v) is 3.61. The molecular weight excluding hydrogens is 154 g/mol. The highest BCUT2D eigenvalue weighted by Crippen LogP contribution is 1.93. The van der Waals surface area contributed by atoms with Crippen LogP contribution in [0.25, 0.3) is 0 Å². The molecular formula is C6H16ClNS. The van der Waals surface area contributed by atoms with Crippen LogP contribution in [0.15, 0.2) is 0 Å². The lowest BCUT2D eigenvalue weighted by atomic mass is 10.4. The van der Waals surface area contributed by atoms with Crippen molar-refractivity contribution in [2.75, 3.05) is 33.4 Å². The molecule has 0 amide bonds. The molecule has 0 saturated carbocycles. The Morgan fingerprint density at radius 1 is 1.22 bits per heavy atom. The number of thiol groups is 1. The Morgan fingerprint density at radius 2 is 1.67 bits per heavy atom. The van der Waals surface area contributed by atoms with Gasteiger partial charge in [-0.1, -0.05) is 0 Å². The number of hydrogen-bond acceptors (Lipinski definition) is 1. The van der Waals surface area contributed by atoms with Crippen molar-refractivity contribution in [3.63, 3.8) is 0 Å². The third kappa shape index (κ3) is 11.9. The van der Waals surface area contributed by atoms with Gasteiger partial charge in [0.15, 0.2) is 0 Å². The van der Waals surface area contributed by atoms with E-state index in [1.54, 1.807) is 0 Å². The number of nitrogens with zero attached hydrogens (tertiary/aromatic N) is 1. The van der Waals surface area contributed by atoms with Gasteiger partial charge in [0.1, 0.15) is 0 Å². The minimum Gasteiger partial charge on any atom is -1.00 e. The molecule has 0 atom stereocenters. The third-order valence-electron chi connectivity index (χ3n) is 0.987. The summed E-state index contributed by atoms with van der Waals surface area (Å²) in [5.41, 5.74) is 0. The predicted octanol–water partition coefficient (Wildman–Crippen LogP) is -1.98. The minimum atomic E-state index is 0. The topological polar surface area (TPSA) is 0 Å². The molecule has 0 radical (unpaired) electrons. The van der Waals surface area contributed by atoms with Gasteiger partial charge >= 0.3 is 0 Å². The maximum atomic E-state index is 4.12. The second-order valence-electron chi connectivity index (χ2n) is 3.09. The van der Waals surface area contributed by atoms with Gasteiger partial charge in [0, 0.05) is 6.42 Å². The van der Waals surface area contributed by atoms with Crippen LogP contribution in [0.5, 0.6) is 0 Å². The largest absolute Gasteiger partial charge is 1.00 e. The number of rotatable bonds is 3. The first-order valence-electron chi connectivity index (χ1n) is 2.97. The molecule has 0 bridgehead atoms. The molecule has 3 heteroatoms. The summed E-state index contributed by atoms with van der Waals surface area (Å²) in [5.74, 6) is 1.01. The molecule has 58 valence electrons. The highest BCUT2D eigenvalue weighted by atomic mass is 35.5. The Morgan fingerprint density at radius 3 is 1.78 bits per heavy atom. The van der Waals surface area contributed by atoms with E-state index in [1.807, 2.05) is 0 Å². The number of hydrogen-bond donors (Lipinski definition) is 1. The van der Waals surface area contributed by atoms with E-state index < -0.39 is 0 Å². The van der Waals surface area contributed by atoms with E-state index in [2.05, 4.69) is 33.8 Å². The first kappa shape index (κ1) is 12.3. The summed E-state index contributed by atoms with van der Waals surface area (Å²) < 4.78 is 1.06. The molecule has 0 saturated heterocycles. The van der Waals surface area contributed by atoms with Gasteiger partial charge in [0.05, 0.1) is 27.7 Å². The molecule has 0 N–H and O–H groups in total. The lowest BCUT2D eigenvalue weighted by Crippen LogP contribution is -3.00. The molecule has 0 aliphatic rings. The Labute approximate surface area is 69.8 Å². The molecule has 9 heavy (non-hydrogen) atoms. The summed E-state index contributed by atoms with van der Waals surface area (Å²) >= 11 is 4.12. The molecule has 0 heterocycles. The molecule has 0 aromatic carbocycles. The zero-order valence-corrected chi connectivity index (χ0v) is 8.04. The van der Waals surface area contributed by atoms with E-state index in [-0.39, 0.29) is 12.4 Å². The lowest BCUT2D eigenvalue weighted by molar-refractivity contribution is -0.870. The summed E-state index contributed by atoms with van der Waals surface area (Å²) in [4.78, 5) is 0. The maximum absolute atomic E-state index is 4.12. The van der Waals surface area contributed by atoms with Crippen LogP contribution in [0.2, 0.25) is 0 Å². The van der Waals surface area contributed by atoms with Gasteiger partial charge in [-0.15, -0.1) is 0 Å². The van der Waals surface area contributed by atoms with Gasteiger partial charge in [0.25, 0.3) is 0 Å². The molecule has 1 nitrogen and oxygen atoms in total. The van der Waals surface area contributed by atoms with Gasteiger partial charge in [0.2, 0.25) is 0 Å². The summed E-state index contributed by atoms with van der Waals surface area (Å²) in [6.07, 6.45) is 1.21. The van der Waals surface area contributed by atoms with Crippen LogP contribution in [0, 0.1) is 0 Å². The van der Waals surface area contributed by atoms with Crippen LogP contribution in [-0.2, 0) is 0 Å². The molecule has 0 unspecified atom stereocenters. The quantitative estimate of drug-likeness (QED) is 0.368. The second-order valence-corrected chi connectivity index (χ2v) is 3.54. The standard InChI is InChI=1S/C6H15NS.ClH/c1-7(2,3)5-4-6-8;/h4-6H2,1-3H3;1H. The van der Waals surface area contributed by atoms with Crippen molar-refractivity contribution >= 4 is 12.6 Å². The van der Waals surface area contributed by atoms with Crippen LogP contribution in [0.3, 0.4) is 0 Å². The molecule has 0 aliphatic heterocycles. The van der Waals surface area contributed by atoms with E-state index in [0.29, 0.717) is 0 Å². The van der Waals surface area contributed by atoms with Gasteiger partial charge in [-0.05, 0) is 5.75 Å². The monoisotopic (exact) mass is 169 g/mol. The van der Waals surface area contributed by atoms with Crippen LogP contribution in [0.4, 0.5) is 0 Å².